The maximum absolute atomic E-state index is 8.73. The Morgan fingerprint density at radius 3 is 2.09 bits per heavy atom. The van der Waals surface area contributed by atoms with Gasteiger partial charge in [0.2, 0.25) is 0 Å². The first kappa shape index (κ1) is 18.4. The van der Waals surface area contributed by atoms with Gasteiger partial charge in [-0.25, -0.2) is 0 Å². The summed E-state index contributed by atoms with van der Waals surface area (Å²) in [5.41, 5.74) is 0. The van der Waals surface area contributed by atoms with Gasteiger partial charge in [-0.15, -0.1) is 0 Å². The summed E-state index contributed by atoms with van der Waals surface area (Å²) in [6.45, 7) is 7.58. The van der Waals surface area contributed by atoms with Gasteiger partial charge in [-0.1, -0.05) is 0 Å². The third kappa shape index (κ3) is 24.5. The molecule has 0 amide bonds. The molecule has 11 heavy (non-hydrogen) atoms. The molecule has 0 aromatic carbocycles. The summed E-state index contributed by atoms with van der Waals surface area (Å²) in [5.74, 6) is 0. The van der Waals surface area contributed by atoms with Crippen LogP contribution in [0.1, 0.15) is 26.7 Å². The minimum absolute atomic E-state index is 0. The fourth-order valence-corrected chi connectivity index (χ4v) is 0.676. The first-order valence-electron chi connectivity index (χ1n) is 3.31. The third-order valence-corrected chi connectivity index (χ3v) is 1.59. The molecule has 0 spiro atoms. The van der Waals surface area contributed by atoms with E-state index in [0.717, 1.165) is 12.8 Å². The molecule has 0 bridgehead atoms. The van der Waals surface area contributed by atoms with Crippen LogP contribution in [0.2, 0.25) is 0 Å². The van der Waals surface area contributed by atoms with Gasteiger partial charge in [0.1, 0.15) is 0 Å². The Balaban J connectivity index is -0.000000140. The predicted octanol–water partition coefficient (Wildman–Crippen LogP) is 1.42. The van der Waals surface area contributed by atoms with E-state index < -0.39 is 0 Å². The van der Waals surface area contributed by atoms with Crippen LogP contribution in [-0.2, 0) is 52.1 Å². The number of aliphatic hydroxyl groups is 1. The van der Waals surface area contributed by atoms with Crippen molar-refractivity contribution in [1.82, 2.24) is 0 Å². The average molecular weight is 400 g/mol. The molecule has 3 heteroatoms. The van der Waals surface area contributed by atoms with Gasteiger partial charge >= 0.3 is 87.4 Å². The summed E-state index contributed by atoms with van der Waals surface area (Å²) in [6, 6.07) is 0. The fraction of sp³-hybridized carbons (Fsp3) is 0.625. The van der Waals surface area contributed by atoms with E-state index in [1.54, 1.807) is 0 Å². The molecule has 0 aliphatic rings. The van der Waals surface area contributed by atoms with Crippen molar-refractivity contribution in [3.8, 4) is 0 Å². The average Bonchev–Trinajstić information content (AvgIpc) is 1.90. The molecule has 1 atom stereocenters. The number of hydrogen-bond donors (Lipinski definition) is 1. The van der Waals surface area contributed by atoms with Crippen LogP contribution in [0.15, 0.2) is 0 Å². The molecule has 0 aliphatic heterocycles. The van der Waals surface area contributed by atoms with Crippen LogP contribution in [-0.4, -0.2) is 15.6 Å². The van der Waals surface area contributed by atoms with Gasteiger partial charge in [-0.3, -0.25) is 0 Å². The normalized spacial score (nSPS) is 10.2. The first-order chi connectivity index (χ1) is 4.72. The number of aliphatic hydroxyl groups excluding tert-OH is 1. The van der Waals surface area contributed by atoms with Crippen LogP contribution in [0.4, 0.5) is 0 Å². The molecular weight excluding hydrogens is 385 g/mol. The van der Waals surface area contributed by atoms with Crippen LogP contribution in [0.25, 0.3) is 0 Å². The molecule has 1 unspecified atom stereocenters. The molecule has 0 rings (SSSR count). The number of hydrogen-bond acceptors (Lipinski definition) is 1. The van der Waals surface area contributed by atoms with Crippen molar-refractivity contribution in [3.05, 3.63) is 13.3 Å². The van der Waals surface area contributed by atoms with Crippen LogP contribution < -0.4 is 0 Å². The molecule has 62 valence electrons. The van der Waals surface area contributed by atoms with Crippen molar-refractivity contribution in [2.24, 2.45) is 0 Å². The van der Waals surface area contributed by atoms with E-state index in [1.165, 1.54) is 19.4 Å². The van der Waals surface area contributed by atoms with E-state index in [2.05, 4.69) is 11.3 Å². The van der Waals surface area contributed by atoms with Crippen molar-refractivity contribution in [2.75, 3.05) is 0 Å². The van der Waals surface area contributed by atoms with Crippen molar-refractivity contribution in [2.45, 2.75) is 32.8 Å². The maximum Gasteiger partial charge on any atom is 3.00 e. The van der Waals surface area contributed by atoms with Gasteiger partial charge in [0.25, 0.3) is 0 Å². The Bertz CT molecular complexity index is 69.1. The Morgan fingerprint density at radius 2 is 2.00 bits per heavy atom. The fourth-order valence-electron chi connectivity index (χ4n) is 0.252. The summed E-state index contributed by atoms with van der Waals surface area (Å²) in [4.78, 5) is 0. The second-order valence-electron chi connectivity index (χ2n) is 1.85. The zero-order chi connectivity index (χ0) is 8.41. The Hall–Kier alpha value is 1.62. The quantitative estimate of drug-likeness (QED) is 0.711. The zero-order valence-electron chi connectivity index (χ0n) is 7.21. The zero-order valence-corrected chi connectivity index (χ0v) is 13.0. The Kier molecular flexibility index (Phi) is 29.5. The SMILES string of the molecule is C[CH-]C.[CH2-]CCC(O)[C-]=[W].[Y+3]. The second-order valence-corrected chi connectivity index (χ2v) is 2.70. The molecule has 1 nitrogen and oxygen atoms in total. The Labute approximate surface area is 107 Å². The monoisotopic (exact) mass is 400 g/mol. The van der Waals surface area contributed by atoms with Crippen LogP contribution >= 0.6 is 0 Å². The van der Waals surface area contributed by atoms with E-state index in [1.807, 2.05) is 20.3 Å². The van der Waals surface area contributed by atoms with Gasteiger partial charge in [0.15, 0.2) is 0 Å². The molecule has 0 heterocycles. The molecule has 1 N–H and O–H groups in total. The van der Waals surface area contributed by atoms with Crippen molar-refractivity contribution >= 4 is 4.40 Å². The van der Waals surface area contributed by atoms with Gasteiger partial charge in [-0.05, 0) is 0 Å². The van der Waals surface area contributed by atoms with Crippen LogP contribution in [0.3, 0.4) is 0 Å². The second kappa shape index (κ2) is 17.6. The van der Waals surface area contributed by atoms with Gasteiger partial charge in [0.05, 0.1) is 0 Å². The summed E-state index contributed by atoms with van der Waals surface area (Å²) in [7, 11) is 0. The smallest absolute Gasteiger partial charge is 3.00 e. The summed E-state index contributed by atoms with van der Waals surface area (Å²) >= 11 is 1.20. The minimum atomic E-state index is -0.326. The maximum atomic E-state index is 8.73. The topological polar surface area (TPSA) is 20.2 Å². The third-order valence-electron chi connectivity index (χ3n) is 0.614. The predicted molar refractivity (Wildman–Crippen MR) is 41.3 cm³/mol. The van der Waals surface area contributed by atoms with Crippen LogP contribution in [0, 0.1) is 13.3 Å². The molecule has 0 aromatic heterocycles. The van der Waals surface area contributed by atoms with Gasteiger partial charge in [0, 0.05) is 0 Å². The van der Waals surface area contributed by atoms with E-state index >= 15 is 0 Å². The Morgan fingerprint density at radius 1 is 1.64 bits per heavy atom. The van der Waals surface area contributed by atoms with Crippen molar-refractivity contribution < 1.29 is 57.2 Å². The van der Waals surface area contributed by atoms with Crippen molar-refractivity contribution in [1.29, 1.82) is 0 Å². The van der Waals surface area contributed by atoms with Gasteiger partial charge in [-0.2, -0.15) is 13.8 Å². The standard InChI is InChI=1S/C5H8O.C3H7.W.Y/c1-3-4-5(2)6;1-3-2;;/h5-6H,1,3-4H2;3H,1-2H3;;/q-2;-1;;+3. The molecule has 0 fully saturated rings. The first-order valence-corrected chi connectivity index (χ1v) is 4.78. The van der Waals surface area contributed by atoms with Crippen molar-refractivity contribution in [3.63, 3.8) is 0 Å². The molecular formula is C8H15OWY. The van der Waals surface area contributed by atoms with E-state index in [9.17, 15) is 0 Å². The molecule has 0 radical (unpaired) electrons. The molecule has 0 saturated carbocycles. The van der Waals surface area contributed by atoms with Crippen LogP contribution in [0.5, 0.6) is 0 Å². The number of rotatable bonds is 3. The summed E-state index contributed by atoms with van der Waals surface area (Å²) in [5, 5.41) is 8.73. The molecule has 0 aromatic rings. The minimum Gasteiger partial charge on any atom is 3.00 e. The van der Waals surface area contributed by atoms with E-state index in [0.29, 0.717) is 0 Å². The molecule has 0 aliphatic carbocycles. The molecule has 0 saturated heterocycles. The summed E-state index contributed by atoms with van der Waals surface area (Å²) in [6.07, 6.45) is 3.22. The summed E-state index contributed by atoms with van der Waals surface area (Å²) < 4.78 is 2.76. The van der Waals surface area contributed by atoms with E-state index in [4.69, 9.17) is 5.11 Å². The largest absolute Gasteiger partial charge is 3.00 e. The van der Waals surface area contributed by atoms with E-state index in [-0.39, 0.29) is 38.8 Å². The van der Waals surface area contributed by atoms with Gasteiger partial charge < -0.3 is 6.42 Å².